The summed E-state index contributed by atoms with van der Waals surface area (Å²) in [7, 11) is 1.62. The van der Waals surface area contributed by atoms with E-state index in [1.807, 2.05) is 25.1 Å². The first kappa shape index (κ1) is 13.9. The number of ether oxygens (including phenoxy) is 2. The number of hydrogen-bond donors (Lipinski definition) is 1. The number of benzene rings is 1. The molecule has 6 nitrogen and oxygen atoms in total. The molecule has 2 N–H and O–H groups in total. The van der Waals surface area contributed by atoms with Crippen LogP contribution in [0, 0.1) is 0 Å². The van der Waals surface area contributed by atoms with E-state index in [1.54, 1.807) is 7.11 Å². The molecule has 6 heteroatoms. The van der Waals surface area contributed by atoms with Gasteiger partial charge in [0, 0.05) is 23.6 Å². The minimum absolute atomic E-state index is 0.127. The summed E-state index contributed by atoms with van der Waals surface area (Å²) in [5.74, 6) is 3.12. The van der Waals surface area contributed by atoms with E-state index >= 15 is 0 Å². The van der Waals surface area contributed by atoms with Crippen LogP contribution in [0.25, 0.3) is 0 Å². The molecule has 0 spiro atoms. The van der Waals surface area contributed by atoms with E-state index in [-0.39, 0.29) is 12.6 Å². The zero-order valence-electron chi connectivity index (χ0n) is 12.2. The Kier molecular flexibility index (Phi) is 3.79. The van der Waals surface area contributed by atoms with Crippen molar-refractivity contribution >= 4 is 0 Å². The van der Waals surface area contributed by atoms with E-state index in [9.17, 15) is 0 Å². The van der Waals surface area contributed by atoms with Gasteiger partial charge in [-0.05, 0) is 25.8 Å². The van der Waals surface area contributed by atoms with Gasteiger partial charge in [0.1, 0.15) is 11.5 Å². The topological polar surface area (TPSA) is 83.4 Å². The summed E-state index contributed by atoms with van der Waals surface area (Å²) < 4.78 is 16.2. The maximum atomic E-state index is 5.96. The Morgan fingerprint density at radius 1 is 1.43 bits per heavy atom. The standard InChI is InChI=1S/C15H19N3O3/c1-9(16)12-6-5-11(19-2)7-13(12)20-8-14-17-15(21-18-14)10-3-4-10/h5-7,9-10H,3-4,8,16H2,1-2H3. The lowest BCUT2D eigenvalue weighted by atomic mass is 10.1. The van der Waals surface area contributed by atoms with Crippen LogP contribution in [0.15, 0.2) is 22.7 Å². The van der Waals surface area contributed by atoms with E-state index in [2.05, 4.69) is 10.1 Å². The van der Waals surface area contributed by atoms with Gasteiger partial charge in [-0.2, -0.15) is 4.98 Å². The predicted octanol–water partition coefficient (Wildman–Crippen LogP) is 2.55. The number of hydrogen-bond acceptors (Lipinski definition) is 6. The van der Waals surface area contributed by atoms with Gasteiger partial charge in [0.05, 0.1) is 7.11 Å². The Balaban J connectivity index is 1.73. The van der Waals surface area contributed by atoms with Crippen LogP contribution < -0.4 is 15.2 Å². The molecular formula is C15H19N3O3. The van der Waals surface area contributed by atoms with Crippen molar-refractivity contribution in [2.75, 3.05) is 7.11 Å². The third kappa shape index (κ3) is 3.16. The van der Waals surface area contributed by atoms with Gasteiger partial charge in [0.2, 0.25) is 11.7 Å². The highest BCUT2D eigenvalue weighted by Crippen LogP contribution is 2.38. The van der Waals surface area contributed by atoms with Gasteiger partial charge in [-0.1, -0.05) is 11.2 Å². The van der Waals surface area contributed by atoms with Gasteiger partial charge in [-0.15, -0.1) is 0 Å². The largest absolute Gasteiger partial charge is 0.497 e. The SMILES string of the molecule is COc1ccc(C(C)N)c(OCc2noc(C3CC3)n2)c1. The smallest absolute Gasteiger partial charge is 0.229 e. The second-order valence-corrected chi connectivity index (χ2v) is 5.30. The van der Waals surface area contributed by atoms with Crippen molar-refractivity contribution < 1.29 is 14.0 Å². The Hall–Kier alpha value is -2.08. The first-order valence-corrected chi connectivity index (χ1v) is 7.06. The maximum absolute atomic E-state index is 5.96. The number of aromatic nitrogens is 2. The average molecular weight is 289 g/mol. The molecule has 1 saturated carbocycles. The molecule has 1 aliphatic carbocycles. The first-order chi connectivity index (χ1) is 10.2. The number of methoxy groups -OCH3 is 1. The van der Waals surface area contributed by atoms with E-state index in [1.165, 1.54) is 0 Å². The van der Waals surface area contributed by atoms with Crippen LogP contribution in [0.2, 0.25) is 0 Å². The zero-order valence-corrected chi connectivity index (χ0v) is 12.2. The normalized spacial score (nSPS) is 15.8. The van der Waals surface area contributed by atoms with Crippen LogP contribution in [-0.4, -0.2) is 17.3 Å². The van der Waals surface area contributed by atoms with Gasteiger partial charge < -0.3 is 19.7 Å². The minimum atomic E-state index is -0.127. The highest BCUT2D eigenvalue weighted by atomic mass is 16.5. The molecular weight excluding hydrogens is 270 g/mol. The molecule has 1 fully saturated rings. The van der Waals surface area contributed by atoms with Crippen molar-refractivity contribution in [2.24, 2.45) is 5.73 Å². The molecule has 1 unspecified atom stereocenters. The van der Waals surface area contributed by atoms with Crippen molar-refractivity contribution in [3.05, 3.63) is 35.5 Å². The summed E-state index contributed by atoms with van der Waals surface area (Å²) >= 11 is 0. The van der Waals surface area contributed by atoms with E-state index < -0.39 is 0 Å². The van der Waals surface area contributed by atoms with Gasteiger partial charge in [0.25, 0.3) is 0 Å². The molecule has 2 aromatic rings. The fraction of sp³-hybridized carbons (Fsp3) is 0.467. The average Bonchev–Trinajstić information content (AvgIpc) is 3.23. The Morgan fingerprint density at radius 2 is 2.24 bits per heavy atom. The maximum Gasteiger partial charge on any atom is 0.229 e. The molecule has 3 rings (SSSR count). The Bertz CT molecular complexity index is 620. The van der Waals surface area contributed by atoms with Crippen molar-refractivity contribution in [3.63, 3.8) is 0 Å². The third-order valence-electron chi connectivity index (χ3n) is 3.48. The van der Waals surface area contributed by atoms with E-state index in [0.717, 1.165) is 24.2 Å². The highest BCUT2D eigenvalue weighted by molar-refractivity contribution is 5.42. The molecule has 1 aliphatic rings. The summed E-state index contributed by atoms with van der Waals surface area (Å²) in [6.45, 7) is 2.16. The summed E-state index contributed by atoms with van der Waals surface area (Å²) in [6.07, 6.45) is 2.26. The molecule has 1 aromatic heterocycles. The second-order valence-electron chi connectivity index (χ2n) is 5.30. The van der Waals surface area contributed by atoms with Crippen molar-refractivity contribution in [1.82, 2.24) is 10.1 Å². The predicted molar refractivity (Wildman–Crippen MR) is 76.2 cm³/mol. The molecule has 1 aromatic carbocycles. The Morgan fingerprint density at radius 3 is 2.90 bits per heavy atom. The van der Waals surface area contributed by atoms with Crippen molar-refractivity contribution in [3.8, 4) is 11.5 Å². The van der Waals surface area contributed by atoms with Crippen LogP contribution in [-0.2, 0) is 6.61 Å². The van der Waals surface area contributed by atoms with Crippen molar-refractivity contribution in [1.29, 1.82) is 0 Å². The number of nitrogens with zero attached hydrogens (tertiary/aromatic N) is 2. The second kappa shape index (κ2) is 5.73. The van der Waals surface area contributed by atoms with Crippen molar-refractivity contribution in [2.45, 2.75) is 38.3 Å². The lowest BCUT2D eigenvalue weighted by Crippen LogP contribution is -2.08. The van der Waals surface area contributed by atoms with Crippen LogP contribution >= 0.6 is 0 Å². The minimum Gasteiger partial charge on any atom is -0.497 e. The molecule has 1 atom stereocenters. The summed E-state index contributed by atoms with van der Waals surface area (Å²) in [6, 6.07) is 5.47. The summed E-state index contributed by atoms with van der Waals surface area (Å²) in [5.41, 5.74) is 6.87. The van der Waals surface area contributed by atoms with Gasteiger partial charge in [-0.25, -0.2) is 0 Å². The van der Waals surface area contributed by atoms with Crippen LogP contribution in [0.5, 0.6) is 11.5 Å². The lowest BCUT2D eigenvalue weighted by Gasteiger charge is -2.14. The molecule has 21 heavy (non-hydrogen) atoms. The molecule has 0 amide bonds. The summed E-state index contributed by atoms with van der Waals surface area (Å²) in [5, 5.41) is 3.94. The third-order valence-corrected chi connectivity index (χ3v) is 3.48. The van der Waals surface area contributed by atoms with Crippen LogP contribution in [0.1, 0.15) is 49.0 Å². The zero-order chi connectivity index (χ0) is 14.8. The quantitative estimate of drug-likeness (QED) is 0.880. The van der Waals surface area contributed by atoms with Gasteiger partial charge in [0.15, 0.2) is 6.61 Å². The Labute approximate surface area is 123 Å². The lowest BCUT2D eigenvalue weighted by molar-refractivity contribution is 0.279. The van der Waals surface area contributed by atoms with Crippen LogP contribution in [0.3, 0.4) is 0 Å². The molecule has 0 aliphatic heterocycles. The molecule has 1 heterocycles. The van der Waals surface area contributed by atoms with Crippen LogP contribution in [0.4, 0.5) is 0 Å². The van der Waals surface area contributed by atoms with E-state index in [0.29, 0.717) is 23.4 Å². The monoisotopic (exact) mass is 289 g/mol. The molecule has 0 saturated heterocycles. The fourth-order valence-corrected chi connectivity index (χ4v) is 2.11. The first-order valence-electron chi connectivity index (χ1n) is 7.06. The fourth-order valence-electron chi connectivity index (χ4n) is 2.11. The van der Waals surface area contributed by atoms with Gasteiger partial charge >= 0.3 is 0 Å². The molecule has 112 valence electrons. The summed E-state index contributed by atoms with van der Waals surface area (Å²) in [4.78, 5) is 4.34. The highest BCUT2D eigenvalue weighted by Gasteiger charge is 2.29. The van der Waals surface area contributed by atoms with Gasteiger partial charge in [-0.3, -0.25) is 0 Å². The number of rotatable bonds is 6. The molecule has 0 bridgehead atoms. The van der Waals surface area contributed by atoms with E-state index in [4.69, 9.17) is 19.7 Å². The number of nitrogens with two attached hydrogens (primary N) is 1. The molecule has 0 radical (unpaired) electrons.